The van der Waals surface area contributed by atoms with Crippen molar-refractivity contribution < 1.29 is 66.7 Å². The summed E-state index contributed by atoms with van der Waals surface area (Å²) in [4.78, 5) is 52.4. The first kappa shape index (κ1) is 53.0. The summed E-state index contributed by atoms with van der Waals surface area (Å²) in [7, 11) is -9.68. The van der Waals surface area contributed by atoms with E-state index in [9.17, 15) is 28.7 Å². The van der Waals surface area contributed by atoms with E-state index in [2.05, 4.69) is 59.4 Å². The first-order chi connectivity index (χ1) is 26.3. The predicted molar refractivity (Wildman–Crippen MR) is 213 cm³/mol. The quantitative estimate of drug-likeness (QED) is 0.0172. The van der Waals surface area contributed by atoms with Crippen molar-refractivity contribution in [3.8, 4) is 0 Å². The van der Waals surface area contributed by atoms with Crippen molar-refractivity contribution in [3.63, 3.8) is 0 Å². The first-order valence-corrected chi connectivity index (χ1v) is 22.9. The van der Waals surface area contributed by atoms with Crippen molar-refractivity contribution in [2.24, 2.45) is 5.92 Å². The molecule has 0 bridgehead atoms. The summed E-state index contributed by atoms with van der Waals surface area (Å²) in [6, 6.07) is 0. The third-order valence-corrected chi connectivity index (χ3v) is 9.74. The van der Waals surface area contributed by atoms with E-state index in [0.717, 1.165) is 76.5 Å². The van der Waals surface area contributed by atoms with Crippen LogP contribution in [0.25, 0.3) is 0 Å². The summed E-state index contributed by atoms with van der Waals surface area (Å²) in [6.07, 6.45) is 30.2. The van der Waals surface area contributed by atoms with Gasteiger partial charge in [0.15, 0.2) is 6.10 Å². The number of phosphoric acid groups is 2. The average Bonchev–Trinajstić information content (AvgIpc) is 3.14. The molecule has 2 unspecified atom stereocenters. The third kappa shape index (κ3) is 38.7. The highest BCUT2D eigenvalue weighted by Crippen LogP contribution is 2.43. The maximum Gasteiger partial charge on any atom is 0.472 e. The molecule has 0 aromatic heterocycles. The van der Waals surface area contributed by atoms with E-state index in [-0.39, 0.29) is 19.4 Å². The first-order valence-electron chi connectivity index (χ1n) is 19.8. The Morgan fingerprint density at radius 2 is 1.13 bits per heavy atom. The van der Waals surface area contributed by atoms with E-state index in [1.807, 2.05) is 12.2 Å². The van der Waals surface area contributed by atoms with Crippen LogP contribution in [0.2, 0.25) is 0 Å². The molecule has 14 nitrogen and oxygen atoms in total. The molecule has 0 spiro atoms. The molecule has 5 N–H and O–H groups in total. The molecule has 0 aliphatic heterocycles. The van der Waals surface area contributed by atoms with Crippen LogP contribution < -0.4 is 0 Å². The zero-order chi connectivity index (χ0) is 41.0. The van der Waals surface area contributed by atoms with Gasteiger partial charge < -0.3 is 34.4 Å². The summed E-state index contributed by atoms with van der Waals surface area (Å²) in [5, 5.41) is 18.5. The zero-order valence-corrected chi connectivity index (χ0v) is 34.9. The second-order valence-corrected chi connectivity index (χ2v) is 16.2. The van der Waals surface area contributed by atoms with Gasteiger partial charge in [-0.3, -0.25) is 23.2 Å². The monoisotopic (exact) mass is 824 g/mol. The van der Waals surface area contributed by atoms with Gasteiger partial charge in [0.1, 0.15) is 12.7 Å². The summed E-state index contributed by atoms with van der Waals surface area (Å²) in [6.45, 7) is 1.92. The third-order valence-electron chi connectivity index (χ3n) is 8.31. The Bertz CT molecular complexity index is 1180. The SMILES string of the molecule is CCC(C)CCCCCCCCC(=O)O[C@H](COC(=O)CCC/C=C\C/C=C\C/C=C\C/C=C\CCCCCO)COP(=O)(O)OC[C@@H](O)COP(=O)(O)O. The van der Waals surface area contributed by atoms with Crippen LogP contribution in [0.4, 0.5) is 0 Å². The molecule has 55 heavy (non-hydrogen) atoms. The molecule has 0 heterocycles. The number of aliphatic hydroxyl groups excluding tert-OH is 2. The molecule has 0 aromatic rings. The maximum absolute atomic E-state index is 12.6. The Kier molecular flexibility index (Phi) is 34.0. The van der Waals surface area contributed by atoms with Gasteiger partial charge in [-0.1, -0.05) is 114 Å². The zero-order valence-electron chi connectivity index (χ0n) is 33.1. The number of ether oxygens (including phenoxy) is 2. The molecular formula is C39H70O14P2. The van der Waals surface area contributed by atoms with E-state index in [0.29, 0.717) is 19.3 Å². The molecule has 0 radical (unpaired) electrons. The largest absolute Gasteiger partial charge is 0.472 e. The summed E-state index contributed by atoms with van der Waals surface area (Å²) in [5.41, 5.74) is 0. The smallest absolute Gasteiger partial charge is 0.462 e. The van der Waals surface area contributed by atoms with Crippen molar-refractivity contribution in [1.82, 2.24) is 0 Å². The van der Waals surface area contributed by atoms with Crippen molar-refractivity contribution in [2.45, 2.75) is 148 Å². The second-order valence-electron chi connectivity index (χ2n) is 13.5. The van der Waals surface area contributed by atoms with Crippen molar-refractivity contribution in [2.75, 3.05) is 33.0 Å². The second kappa shape index (κ2) is 35.2. The topological polar surface area (TPSA) is 216 Å². The average molecular weight is 825 g/mol. The number of allylic oxidation sites excluding steroid dienone is 8. The van der Waals surface area contributed by atoms with Gasteiger partial charge in [0, 0.05) is 19.4 Å². The van der Waals surface area contributed by atoms with Crippen LogP contribution in [0.15, 0.2) is 48.6 Å². The fourth-order valence-electron chi connectivity index (χ4n) is 4.88. The van der Waals surface area contributed by atoms with Crippen LogP contribution >= 0.6 is 15.6 Å². The van der Waals surface area contributed by atoms with Gasteiger partial charge >= 0.3 is 27.6 Å². The number of unbranched alkanes of at least 4 members (excludes halogenated alkanes) is 9. The Labute approximate surface area is 329 Å². The Morgan fingerprint density at radius 1 is 0.618 bits per heavy atom. The van der Waals surface area contributed by atoms with Crippen molar-refractivity contribution >= 4 is 27.6 Å². The highest BCUT2D eigenvalue weighted by molar-refractivity contribution is 7.47. The molecule has 0 rings (SSSR count). The molecule has 4 atom stereocenters. The summed E-state index contributed by atoms with van der Waals surface area (Å²) < 4.78 is 47.5. The molecule has 0 saturated heterocycles. The number of hydrogen-bond acceptors (Lipinski definition) is 11. The van der Waals surface area contributed by atoms with Crippen LogP contribution in [0.3, 0.4) is 0 Å². The minimum atomic E-state index is -4.87. The Hall–Kier alpha value is -1.96. The Balaban J connectivity index is 4.63. The number of rotatable bonds is 37. The van der Waals surface area contributed by atoms with E-state index in [1.165, 1.54) is 19.3 Å². The van der Waals surface area contributed by atoms with Gasteiger partial charge in [-0.05, 0) is 63.7 Å². The summed E-state index contributed by atoms with van der Waals surface area (Å²) >= 11 is 0. The number of phosphoric ester groups is 2. The van der Waals surface area contributed by atoms with Crippen molar-refractivity contribution in [3.05, 3.63) is 48.6 Å². The molecule has 0 aliphatic carbocycles. The van der Waals surface area contributed by atoms with E-state index in [4.69, 9.17) is 28.9 Å². The lowest BCUT2D eigenvalue weighted by molar-refractivity contribution is -0.161. The normalized spacial score (nSPS) is 15.3. The lowest BCUT2D eigenvalue weighted by atomic mass is 10.00. The minimum Gasteiger partial charge on any atom is -0.462 e. The highest BCUT2D eigenvalue weighted by Gasteiger charge is 2.28. The van der Waals surface area contributed by atoms with Crippen LogP contribution in [-0.4, -0.2) is 82.1 Å². The number of carbonyl (C=O) groups is 2. The summed E-state index contributed by atoms with van der Waals surface area (Å²) in [5.74, 6) is -0.386. The predicted octanol–water partition coefficient (Wildman–Crippen LogP) is 8.33. The van der Waals surface area contributed by atoms with E-state index in [1.54, 1.807) is 0 Å². The molecular weight excluding hydrogens is 754 g/mol. The highest BCUT2D eigenvalue weighted by atomic mass is 31.2. The van der Waals surface area contributed by atoms with Gasteiger partial charge in [-0.2, -0.15) is 0 Å². The van der Waals surface area contributed by atoms with Gasteiger partial charge in [0.25, 0.3) is 0 Å². The molecule has 320 valence electrons. The van der Waals surface area contributed by atoms with Crippen LogP contribution in [-0.2, 0) is 41.8 Å². The van der Waals surface area contributed by atoms with Gasteiger partial charge in [-0.25, -0.2) is 9.13 Å². The molecule has 0 fully saturated rings. The lowest BCUT2D eigenvalue weighted by Crippen LogP contribution is -2.30. The number of hydrogen-bond donors (Lipinski definition) is 5. The molecule has 0 saturated carbocycles. The van der Waals surface area contributed by atoms with E-state index >= 15 is 0 Å². The minimum absolute atomic E-state index is 0.108. The maximum atomic E-state index is 12.6. The molecule has 0 aliphatic rings. The van der Waals surface area contributed by atoms with Crippen LogP contribution in [0.1, 0.15) is 136 Å². The standard InChI is InChI=1S/C39H70O14P2/c1-3-35(2)27-23-19-16-17-21-25-29-39(43)53-37(34-52-55(47,48)51-32-36(41)31-50-54(44,45)46)33-49-38(42)28-24-20-15-13-11-9-7-5-4-6-8-10-12-14-18-22-26-30-40/h4,6-7,9-10,12-13,15,35-37,40-41H,3,5,8,11,14,16-34H2,1-2H3,(H,47,48)(H2,44,45,46)/b6-4-,9-7-,12-10-,15-13-/t35?,36-,37+/m0/s1. The van der Waals surface area contributed by atoms with Crippen LogP contribution in [0.5, 0.6) is 0 Å². The lowest BCUT2D eigenvalue weighted by Gasteiger charge is -2.20. The number of aliphatic hydroxyl groups is 2. The van der Waals surface area contributed by atoms with Gasteiger partial charge in [0.05, 0.1) is 19.8 Å². The molecule has 0 amide bonds. The fraction of sp³-hybridized carbons (Fsp3) is 0.744. The van der Waals surface area contributed by atoms with Gasteiger partial charge in [-0.15, -0.1) is 0 Å². The molecule has 16 heteroatoms. The number of esters is 2. The molecule has 0 aromatic carbocycles. The van der Waals surface area contributed by atoms with Crippen molar-refractivity contribution in [1.29, 1.82) is 0 Å². The Morgan fingerprint density at radius 3 is 1.73 bits per heavy atom. The van der Waals surface area contributed by atoms with Crippen LogP contribution in [0, 0.1) is 5.92 Å². The number of carbonyl (C=O) groups excluding carboxylic acids is 2. The van der Waals surface area contributed by atoms with Gasteiger partial charge in [0.2, 0.25) is 0 Å². The van der Waals surface area contributed by atoms with E-state index < -0.39 is 66.2 Å². The fourth-order valence-corrected chi connectivity index (χ4v) is 6.04.